The van der Waals surface area contributed by atoms with Crippen molar-refractivity contribution in [2.24, 2.45) is 0 Å². The van der Waals surface area contributed by atoms with Gasteiger partial charge in [0.15, 0.2) is 0 Å². The van der Waals surface area contributed by atoms with Crippen molar-refractivity contribution in [3.63, 3.8) is 0 Å². The molecule has 1 aromatic rings. The van der Waals surface area contributed by atoms with Gasteiger partial charge in [-0.3, -0.25) is 0 Å². The first-order valence-corrected chi connectivity index (χ1v) is 3.38. The summed E-state index contributed by atoms with van der Waals surface area (Å²) in [6, 6.07) is 8.33. The largest absolute Gasteiger partial charge is 0.478 e. The number of para-hydroxylation sites is 1. The Balaban J connectivity index is 0.00000144. The molecular formula is C8H9ClFNO2. The average Bonchev–Trinajstić information content (AvgIpc) is 2.06. The number of nitrogens with one attached hydrogen (secondary N) is 1. The Labute approximate surface area is 81.0 Å². The fraction of sp³-hybridized carbons (Fsp3) is 0.125. The highest BCUT2D eigenvalue weighted by Gasteiger charge is 2.13. The number of carbonyl (C=O) groups is 1. The van der Waals surface area contributed by atoms with E-state index in [0.717, 1.165) is 0 Å². The standard InChI is InChI=1S/C8H8FNO2.ClH/c9-7(8(11)12)10-6-4-2-1-3-5-6;/h1-5,7,10H,(H,11,12);1H. The number of benzene rings is 1. The van der Waals surface area contributed by atoms with Gasteiger partial charge in [-0.2, -0.15) is 0 Å². The lowest BCUT2D eigenvalue weighted by Gasteiger charge is -2.06. The highest BCUT2D eigenvalue weighted by atomic mass is 35.5. The molecule has 0 bridgehead atoms. The van der Waals surface area contributed by atoms with E-state index < -0.39 is 12.3 Å². The summed E-state index contributed by atoms with van der Waals surface area (Å²) in [4.78, 5) is 10.1. The number of rotatable bonds is 3. The van der Waals surface area contributed by atoms with E-state index in [1.54, 1.807) is 30.3 Å². The molecule has 1 atom stereocenters. The molecule has 0 fully saturated rings. The Hall–Kier alpha value is -1.29. The SMILES string of the molecule is Cl.O=C(O)C(F)Nc1ccccc1. The van der Waals surface area contributed by atoms with Crippen LogP contribution in [0.3, 0.4) is 0 Å². The van der Waals surface area contributed by atoms with Crippen LogP contribution in [0.25, 0.3) is 0 Å². The van der Waals surface area contributed by atoms with Crippen molar-refractivity contribution in [2.75, 3.05) is 5.32 Å². The van der Waals surface area contributed by atoms with Crippen molar-refractivity contribution < 1.29 is 14.3 Å². The summed E-state index contributed by atoms with van der Waals surface area (Å²) in [5, 5.41) is 10.4. The van der Waals surface area contributed by atoms with Crippen LogP contribution in [0, 0.1) is 0 Å². The highest BCUT2D eigenvalue weighted by molar-refractivity contribution is 5.85. The number of hydrogen-bond donors (Lipinski definition) is 2. The molecule has 1 rings (SSSR count). The third kappa shape index (κ3) is 3.75. The zero-order chi connectivity index (χ0) is 8.97. The van der Waals surface area contributed by atoms with Gasteiger partial charge in [0.2, 0.25) is 0 Å². The van der Waals surface area contributed by atoms with Crippen LogP contribution in [0.1, 0.15) is 0 Å². The number of alkyl halides is 1. The molecule has 0 aliphatic heterocycles. The van der Waals surface area contributed by atoms with E-state index in [9.17, 15) is 9.18 Å². The van der Waals surface area contributed by atoms with Crippen molar-refractivity contribution in [1.29, 1.82) is 0 Å². The van der Waals surface area contributed by atoms with E-state index in [1.807, 2.05) is 0 Å². The smallest absolute Gasteiger partial charge is 0.359 e. The molecule has 0 heterocycles. The molecule has 13 heavy (non-hydrogen) atoms. The van der Waals surface area contributed by atoms with Crippen molar-refractivity contribution in [3.8, 4) is 0 Å². The van der Waals surface area contributed by atoms with Crippen LogP contribution in [0.15, 0.2) is 30.3 Å². The maximum Gasteiger partial charge on any atom is 0.359 e. The minimum absolute atomic E-state index is 0. The van der Waals surface area contributed by atoms with Gasteiger partial charge in [-0.25, -0.2) is 9.18 Å². The lowest BCUT2D eigenvalue weighted by atomic mass is 10.3. The quantitative estimate of drug-likeness (QED) is 0.741. The van der Waals surface area contributed by atoms with Crippen LogP contribution < -0.4 is 5.32 Å². The molecule has 0 radical (unpaired) electrons. The molecule has 5 heteroatoms. The molecular weight excluding hydrogens is 197 g/mol. The number of hydrogen-bond acceptors (Lipinski definition) is 2. The van der Waals surface area contributed by atoms with Gasteiger partial charge in [-0.1, -0.05) is 18.2 Å². The summed E-state index contributed by atoms with van der Waals surface area (Å²) in [6.07, 6.45) is -2.05. The third-order valence-electron chi connectivity index (χ3n) is 1.28. The summed E-state index contributed by atoms with van der Waals surface area (Å²) in [7, 11) is 0. The predicted molar refractivity (Wildman–Crippen MR) is 49.8 cm³/mol. The van der Waals surface area contributed by atoms with Gasteiger partial charge in [-0.05, 0) is 12.1 Å². The van der Waals surface area contributed by atoms with Crippen LogP contribution in [0.2, 0.25) is 0 Å². The van der Waals surface area contributed by atoms with Crippen molar-refractivity contribution >= 4 is 24.1 Å². The number of carboxylic acids is 1. The normalized spacial score (nSPS) is 11.2. The molecule has 0 aromatic heterocycles. The second-order valence-electron chi connectivity index (χ2n) is 2.21. The monoisotopic (exact) mass is 205 g/mol. The number of aliphatic carboxylic acids is 1. The third-order valence-corrected chi connectivity index (χ3v) is 1.28. The van der Waals surface area contributed by atoms with E-state index in [4.69, 9.17) is 5.11 Å². The molecule has 1 unspecified atom stereocenters. The summed E-state index contributed by atoms with van der Waals surface area (Å²) in [5.41, 5.74) is 0.451. The first-order valence-electron chi connectivity index (χ1n) is 3.38. The summed E-state index contributed by atoms with van der Waals surface area (Å²) in [5.74, 6) is -1.51. The van der Waals surface area contributed by atoms with Gasteiger partial charge in [-0.15, -0.1) is 12.4 Å². The minimum Gasteiger partial charge on any atom is -0.478 e. The summed E-state index contributed by atoms with van der Waals surface area (Å²) < 4.78 is 12.5. The van der Waals surface area contributed by atoms with E-state index in [1.165, 1.54) is 0 Å². The molecule has 3 nitrogen and oxygen atoms in total. The Kier molecular flexibility index (Phi) is 4.84. The molecule has 0 spiro atoms. The lowest BCUT2D eigenvalue weighted by Crippen LogP contribution is -2.23. The van der Waals surface area contributed by atoms with Gasteiger partial charge < -0.3 is 10.4 Å². The fourth-order valence-electron chi connectivity index (χ4n) is 0.742. The Morgan fingerprint density at radius 3 is 2.38 bits per heavy atom. The average molecular weight is 206 g/mol. The van der Waals surface area contributed by atoms with E-state index in [-0.39, 0.29) is 12.4 Å². The van der Waals surface area contributed by atoms with Crippen molar-refractivity contribution in [2.45, 2.75) is 6.30 Å². The summed E-state index contributed by atoms with van der Waals surface area (Å²) >= 11 is 0. The molecule has 72 valence electrons. The Morgan fingerprint density at radius 1 is 1.38 bits per heavy atom. The topological polar surface area (TPSA) is 49.3 Å². The van der Waals surface area contributed by atoms with E-state index in [2.05, 4.69) is 5.32 Å². The highest BCUT2D eigenvalue weighted by Crippen LogP contribution is 2.07. The van der Waals surface area contributed by atoms with Crippen LogP contribution in [0.4, 0.5) is 10.1 Å². The predicted octanol–water partition coefficient (Wildman–Crippen LogP) is 1.90. The molecule has 0 saturated heterocycles. The number of halogens is 2. The Morgan fingerprint density at radius 2 is 1.92 bits per heavy atom. The van der Waals surface area contributed by atoms with Crippen LogP contribution in [0.5, 0.6) is 0 Å². The maximum atomic E-state index is 12.5. The van der Waals surface area contributed by atoms with Gasteiger partial charge >= 0.3 is 5.97 Å². The molecule has 0 amide bonds. The Bertz CT molecular complexity index is 268. The first kappa shape index (κ1) is 11.7. The molecule has 0 aliphatic rings. The molecule has 2 N–H and O–H groups in total. The van der Waals surface area contributed by atoms with Gasteiger partial charge in [0, 0.05) is 5.69 Å². The number of carboxylic acid groups (broad SMARTS) is 1. The second-order valence-corrected chi connectivity index (χ2v) is 2.21. The fourth-order valence-corrected chi connectivity index (χ4v) is 0.742. The van der Waals surface area contributed by atoms with E-state index >= 15 is 0 Å². The minimum atomic E-state index is -2.05. The van der Waals surface area contributed by atoms with Crippen molar-refractivity contribution in [3.05, 3.63) is 30.3 Å². The molecule has 0 aliphatic carbocycles. The van der Waals surface area contributed by atoms with Gasteiger partial charge in [0.25, 0.3) is 6.30 Å². The van der Waals surface area contributed by atoms with Crippen LogP contribution >= 0.6 is 12.4 Å². The molecule has 0 saturated carbocycles. The first-order chi connectivity index (χ1) is 5.70. The lowest BCUT2D eigenvalue weighted by molar-refractivity contribution is -0.141. The van der Waals surface area contributed by atoms with E-state index in [0.29, 0.717) is 5.69 Å². The maximum absolute atomic E-state index is 12.5. The summed E-state index contributed by atoms with van der Waals surface area (Å²) in [6.45, 7) is 0. The van der Waals surface area contributed by atoms with Crippen LogP contribution in [-0.2, 0) is 4.79 Å². The van der Waals surface area contributed by atoms with Gasteiger partial charge in [0.05, 0.1) is 0 Å². The zero-order valence-corrected chi connectivity index (χ0v) is 7.42. The second kappa shape index (κ2) is 5.37. The molecule has 1 aromatic carbocycles. The zero-order valence-electron chi connectivity index (χ0n) is 6.61. The van der Waals surface area contributed by atoms with Crippen molar-refractivity contribution in [1.82, 2.24) is 0 Å². The number of anilines is 1. The van der Waals surface area contributed by atoms with Crippen LogP contribution in [-0.4, -0.2) is 17.4 Å². The van der Waals surface area contributed by atoms with Gasteiger partial charge in [0.1, 0.15) is 0 Å².